The fraction of sp³-hybridized carbons (Fsp3) is 0.571. The number of carbonyl (C=O) groups excluding carboxylic acids is 4. The molecule has 0 spiro atoms. The van der Waals surface area contributed by atoms with Crippen molar-refractivity contribution in [1.29, 1.82) is 0 Å². The summed E-state index contributed by atoms with van der Waals surface area (Å²) < 4.78 is 9.98. The van der Waals surface area contributed by atoms with Gasteiger partial charge < -0.3 is 20.1 Å². The number of carbonyl (C=O) groups is 4. The van der Waals surface area contributed by atoms with Crippen LogP contribution >= 0.6 is 34.4 Å². The molecule has 0 bridgehead atoms. The first-order valence-electron chi connectivity index (χ1n) is 13.3. The number of esters is 2. The fourth-order valence-electron chi connectivity index (χ4n) is 5.12. The molecular weight excluding hydrogens is 557 g/mol. The first-order chi connectivity index (χ1) is 18.7. The van der Waals surface area contributed by atoms with Crippen LogP contribution in [0.4, 0.5) is 10.0 Å². The first kappa shape index (κ1) is 29.6. The van der Waals surface area contributed by atoms with Gasteiger partial charge in [0, 0.05) is 34.1 Å². The van der Waals surface area contributed by atoms with E-state index >= 15 is 0 Å². The highest BCUT2D eigenvalue weighted by Gasteiger charge is 2.30. The van der Waals surface area contributed by atoms with Crippen LogP contribution in [0.1, 0.15) is 81.1 Å². The Morgan fingerprint density at radius 3 is 1.56 bits per heavy atom. The summed E-state index contributed by atoms with van der Waals surface area (Å²) in [4.78, 5) is 52.5. The zero-order chi connectivity index (χ0) is 28.1. The van der Waals surface area contributed by atoms with Crippen molar-refractivity contribution < 1.29 is 28.7 Å². The van der Waals surface area contributed by atoms with E-state index in [1.807, 2.05) is 0 Å². The molecule has 212 valence electrons. The van der Waals surface area contributed by atoms with Crippen LogP contribution in [0.25, 0.3) is 0 Å². The number of hydrogen-bond acceptors (Lipinski definition) is 9. The van der Waals surface area contributed by atoms with Gasteiger partial charge in [0.25, 0.3) is 0 Å². The Labute approximate surface area is 241 Å². The summed E-state index contributed by atoms with van der Waals surface area (Å²) in [6.07, 6.45) is 6.03. The SMILES string of the molecule is COC(=O)c1c(NC(=O)CCSCCC(=O)Nc2sc3c(c2C(=O)OC)CCC(C)C3)sc2c1CCC(C)C2. The lowest BCUT2D eigenvalue weighted by molar-refractivity contribution is -0.116. The summed E-state index contributed by atoms with van der Waals surface area (Å²) in [5.74, 6) is 1.07. The van der Waals surface area contributed by atoms with Gasteiger partial charge >= 0.3 is 11.9 Å². The fourth-order valence-corrected chi connectivity index (χ4v) is 8.82. The van der Waals surface area contributed by atoms with Gasteiger partial charge in [0.05, 0.1) is 25.3 Å². The summed E-state index contributed by atoms with van der Waals surface area (Å²) in [5.41, 5.74) is 3.02. The Kier molecular flexibility index (Phi) is 10.1. The molecule has 2 atom stereocenters. The van der Waals surface area contributed by atoms with Crippen LogP contribution < -0.4 is 10.6 Å². The minimum atomic E-state index is -0.408. The maximum Gasteiger partial charge on any atom is 0.341 e. The normalized spacial score (nSPS) is 18.1. The lowest BCUT2D eigenvalue weighted by atomic mass is 9.88. The molecule has 2 aromatic rings. The van der Waals surface area contributed by atoms with Gasteiger partial charge in [-0.3, -0.25) is 9.59 Å². The molecule has 0 saturated heterocycles. The topological polar surface area (TPSA) is 111 Å². The van der Waals surface area contributed by atoms with Crippen LogP contribution in [0.2, 0.25) is 0 Å². The van der Waals surface area contributed by atoms with E-state index < -0.39 is 11.9 Å². The van der Waals surface area contributed by atoms with Gasteiger partial charge in [-0.15, -0.1) is 22.7 Å². The van der Waals surface area contributed by atoms with E-state index in [1.54, 1.807) is 0 Å². The number of rotatable bonds is 10. The van der Waals surface area contributed by atoms with E-state index in [1.165, 1.54) is 48.7 Å². The van der Waals surface area contributed by atoms with Gasteiger partial charge in [0.2, 0.25) is 11.8 Å². The van der Waals surface area contributed by atoms with Crippen LogP contribution in [0.3, 0.4) is 0 Å². The van der Waals surface area contributed by atoms with E-state index in [2.05, 4.69) is 24.5 Å². The minimum absolute atomic E-state index is 0.162. The second kappa shape index (κ2) is 13.3. The molecule has 8 nitrogen and oxygen atoms in total. The van der Waals surface area contributed by atoms with Crippen molar-refractivity contribution in [2.75, 3.05) is 36.4 Å². The third kappa shape index (κ3) is 7.05. The van der Waals surface area contributed by atoms with E-state index in [-0.39, 0.29) is 24.7 Å². The number of amides is 2. The molecule has 4 rings (SSSR count). The van der Waals surface area contributed by atoms with Gasteiger partial charge in [-0.25, -0.2) is 9.59 Å². The van der Waals surface area contributed by atoms with Crippen LogP contribution in [0.5, 0.6) is 0 Å². The molecule has 0 aromatic carbocycles. The van der Waals surface area contributed by atoms with Crippen molar-refractivity contribution in [3.63, 3.8) is 0 Å². The van der Waals surface area contributed by atoms with Crippen LogP contribution in [0, 0.1) is 11.8 Å². The standard InChI is InChI=1S/C28H36N2O6S3/c1-15-5-7-17-19(13-15)38-25(23(17)27(33)35-3)29-21(31)9-11-37-12-10-22(32)30-26-24(28(34)36-4)18-8-6-16(2)14-20(18)39-26/h15-16H,5-14H2,1-4H3,(H,29,31)(H,30,32). The Hall–Kier alpha value is -2.37. The maximum atomic E-state index is 12.6. The average Bonchev–Trinajstić information content (AvgIpc) is 3.43. The van der Waals surface area contributed by atoms with Crippen molar-refractivity contribution in [1.82, 2.24) is 0 Å². The molecule has 2 aliphatic carbocycles. The molecule has 0 saturated carbocycles. The number of thiophene rings is 2. The molecular formula is C28H36N2O6S3. The Bertz CT molecular complexity index is 1160. The summed E-state index contributed by atoms with van der Waals surface area (Å²) >= 11 is 4.47. The third-order valence-electron chi connectivity index (χ3n) is 7.26. The number of methoxy groups -OCH3 is 2. The first-order valence-corrected chi connectivity index (χ1v) is 16.1. The Morgan fingerprint density at radius 1 is 0.769 bits per heavy atom. The number of nitrogens with one attached hydrogen (secondary N) is 2. The molecule has 39 heavy (non-hydrogen) atoms. The largest absolute Gasteiger partial charge is 0.465 e. The maximum absolute atomic E-state index is 12.6. The molecule has 2 amide bonds. The molecule has 2 aromatic heterocycles. The average molecular weight is 593 g/mol. The zero-order valence-corrected chi connectivity index (χ0v) is 25.3. The second-order valence-electron chi connectivity index (χ2n) is 10.3. The molecule has 0 aliphatic heterocycles. The van der Waals surface area contributed by atoms with Crippen LogP contribution in [-0.2, 0) is 44.7 Å². The van der Waals surface area contributed by atoms with E-state index in [9.17, 15) is 19.2 Å². The van der Waals surface area contributed by atoms with Gasteiger partial charge in [0.15, 0.2) is 0 Å². The predicted octanol–water partition coefficient (Wildman–Crippen LogP) is 5.72. The summed E-state index contributed by atoms with van der Waals surface area (Å²) in [7, 11) is 2.72. The lowest BCUT2D eigenvalue weighted by Crippen LogP contribution is -2.17. The van der Waals surface area contributed by atoms with E-state index in [4.69, 9.17) is 9.47 Å². The Balaban J connectivity index is 1.25. The predicted molar refractivity (Wildman–Crippen MR) is 158 cm³/mol. The van der Waals surface area contributed by atoms with E-state index in [0.717, 1.165) is 59.4 Å². The van der Waals surface area contributed by atoms with Crippen LogP contribution in [0.15, 0.2) is 0 Å². The monoisotopic (exact) mass is 592 g/mol. The highest BCUT2D eigenvalue weighted by atomic mass is 32.2. The molecule has 11 heteroatoms. The third-order valence-corrected chi connectivity index (χ3v) is 10.6. The number of ether oxygens (including phenoxy) is 2. The molecule has 2 unspecified atom stereocenters. The summed E-state index contributed by atoms with van der Waals surface area (Å²) in [5, 5.41) is 6.99. The molecule has 2 heterocycles. The Morgan fingerprint density at radius 2 is 1.18 bits per heavy atom. The highest BCUT2D eigenvalue weighted by Crippen LogP contribution is 2.41. The number of fused-ring (bicyclic) bond motifs is 2. The van der Waals surface area contributed by atoms with Crippen molar-refractivity contribution in [2.24, 2.45) is 11.8 Å². The van der Waals surface area contributed by atoms with E-state index in [0.29, 0.717) is 44.5 Å². The second-order valence-corrected chi connectivity index (χ2v) is 13.7. The quantitative estimate of drug-likeness (QED) is 0.268. The van der Waals surface area contributed by atoms with Crippen molar-refractivity contribution >= 4 is 68.2 Å². The molecule has 2 aliphatic rings. The zero-order valence-electron chi connectivity index (χ0n) is 22.9. The minimum Gasteiger partial charge on any atom is -0.465 e. The summed E-state index contributed by atoms with van der Waals surface area (Å²) in [6.45, 7) is 4.39. The van der Waals surface area contributed by atoms with Crippen molar-refractivity contribution in [3.05, 3.63) is 32.0 Å². The van der Waals surface area contributed by atoms with Gasteiger partial charge in [0.1, 0.15) is 10.0 Å². The number of hydrogen-bond donors (Lipinski definition) is 2. The summed E-state index contributed by atoms with van der Waals surface area (Å²) in [6, 6.07) is 0. The number of thioether (sulfide) groups is 1. The molecule has 0 radical (unpaired) electrons. The van der Waals surface area contributed by atoms with Gasteiger partial charge in [-0.2, -0.15) is 11.8 Å². The molecule has 2 N–H and O–H groups in total. The smallest absolute Gasteiger partial charge is 0.341 e. The molecule has 0 fully saturated rings. The highest BCUT2D eigenvalue weighted by molar-refractivity contribution is 7.99. The number of anilines is 2. The van der Waals surface area contributed by atoms with Crippen LogP contribution in [-0.4, -0.2) is 49.5 Å². The van der Waals surface area contributed by atoms with Gasteiger partial charge in [-0.1, -0.05) is 13.8 Å². The van der Waals surface area contributed by atoms with Gasteiger partial charge in [-0.05, 0) is 61.5 Å². The van der Waals surface area contributed by atoms with Crippen molar-refractivity contribution in [3.8, 4) is 0 Å². The van der Waals surface area contributed by atoms with Crippen molar-refractivity contribution in [2.45, 2.75) is 65.2 Å². The lowest BCUT2D eigenvalue weighted by Gasteiger charge is -2.18.